The molecule has 3 rings (SSSR count). The largest absolute Gasteiger partial charge is 0.504 e. The van der Waals surface area contributed by atoms with Crippen molar-refractivity contribution in [2.45, 2.75) is 18.8 Å². The lowest BCUT2D eigenvalue weighted by atomic mass is 10.2. The molecule has 0 unspecified atom stereocenters. The number of nitrogens with zero attached hydrogens (tertiary/aromatic N) is 2. The van der Waals surface area contributed by atoms with Crippen LogP contribution in [0.4, 0.5) is 0 Å². The molecule has 3 N–H and O–H groups in total. The molecule has 1 aliphatic rings. The molecule has 1 heterocycles. The van der Waals surface area contributed by atoms with E-state index >= 15 is 0 Å². The van der Waals surface area contributed by atoms with Crippen LogP contribution in [0.15, 0.2) is 29.4 Å². The fourth-order valence-electron chi connectivity index (χ4n) is 2.08. The Morgan fingerprint density at radius 1 is 1.55 bits per heavy atom. The lowest BCUT2D eigenvalue weighted by molar-refractivity contribution is 0.0950. The van der Waals surface area contributed by atoms with Crippen LogP contribution in [0, 0.1) is 0 Å². The molecule has 0 radical (unpaired) electrons. The predicted octanol–water partition coefficient (Wildman–Crippen LogP) is 1.77. The Kier molecular flexibility index (Phi) is 3.78. The molecule has 1 aromatic carbocycles. The number of hydrazone groups is 1. The highest BCUT2D eigenvalue weighted by Crippen LogP contribution is 2.38. The highest BCUT2D eigenvalue weighted by atomic mass is 16.5. The Morgan fingerprint density at radius 2 is 2.36 bits per heavy atom. The fraction of sp³-hybridized carbons (Fsp3) is 0.267. The van der Waals surface area contributed by atoms with Crippen molar-refractivity contribution in [1.29, 1.82) is 0 Å². The van der Waals surface area contributed by atoms with Gasteiger partial charge in [-0.15, -0.1) is 0 Å². The summed E-state index contributed by atoms with van der Waals surface area (Å²) in [6.45, 7) is 0. The normalized spacial score (nSPS) is 14.2. The Bertz CT molecular complexity index is 719. The standard InChI is InChI=1S/C15H16N4O3/c1-22-13-4-2-3-10(14(13)20)8-16-19-15(21)12-7-11(17-18-12)9-5-6-9/h2-4,7-9,20H,5-6H2,1H3,(H,17,18)(H,19,21)/b16-8+. The molecule has 0 atom stereocenters. The van der Waals surface area contributed by atoms with Crippen molar-refractivity contribution >= 4 is 12.1 Å². The number of carbonyl (C=O) groups is 1. The van der Waals surface area contributed by atoms with E-state index in [1.54, 1.807) is 24.3 Å². The van der Waals surface area contributed by atoms with E-state index in [-0.39, 0.29) is 5.75 Å². The molecule has 0 saturated heterocycles. The average molecular weight is 300 g/mol. The van der Waals surface area contributed by atoms with Crippen LogP contribution in [0.1, 0.15) is 40.5 Å². The van der Waals surface area contributed by atoms with E-state index in [0.717, 1.165) is 18.5 Å². The second-order valence-corrected chi connectivity index (χ2v) is 5.08. The molecule has 7 nitrogen and oxygen atoms in total. The highest BCUT2D eigenvalue weighted by Gasteiger charge is 2.26. The molecule has 1 saturated carbocycles. The minimum absolute atomic E-state index is 0.0289. The molecule has 2 aromatic rings. The van der Waals surface area contributed by atoms with Gasteiger partial charge in [-0.2, -0.15) is 10.2 Å². The van der Waals surface area contributed by atoms with Gasteiger partial charge in [0, 0.05) is 17.2 Å². The number of phenols is 1. The number of hydrogen-bond acceptors (Lipinski definition) is 5. The van der Waals surface area contributed by atoms with Gasteiger partial charge < -0.3 is 9.84 Å². The van der Waals surface area contributed by atoms with E-state index in [1.807, 2.05) is 0 Å². The van der Waals surface area contributed by atoms with E-state index < -0.39 is 5.91 Å². The van der Waals surface area contributed by atoms with Crippen LogP contribution in [0.2, 0.25) is 0 Å². The van der Waals surface area contributed by atoms with Gasteiger partial charge in [0.15, 0.2) is 17.2 Å². The van der Waals surface area contributed by atoms with Gasteiger partial charge in [0.05, 0.1) is 13.3 Å². The average Bonchev–Trinajstić information content (AvgIpc) is 3.26. The minimum Gasteiger partial charge on any atom is -0.504 e. The van der Waals surface area contributed by atoms with Crippen LogP contribution in [0.5, 0.6) is 11.5 Å². The number of ether oxygens (including phenoxy) is 1. The predicted molar refractivity (Wildman–Crippen MR) is 80.3 cm³/mol. The summed E-state index contributed by atoms with van der Waals surface area (Å²) in [4.78, 5) is 11.9. The number of aromatic hydroxyl groups is 1. The Labute approximate surface area is 127 Å². The van der Waals surface area contributed by atoms with Gasteiger partial charge in [-0.1, -0.05) is 6.07 Å². The molecule has 1 amide bonds. The van der Waals surface area contributed by atoms with Crippen molar-refractivity contribution < 1.29 is 14.6 Å². The second kappa shape index (κ2) is 5.88. The summed E-state index contributed by atoms with van der Waals surface area (Å²) in [6.07, 6.45) is 3.62. The van der Waals surface area contributed by atoms with E-state index in [9.17, 15) is 9.90 Å². The van der Waals surface area contributed by atoms with Crippen molar-refractivity contribution in [1.82, 2.24) is 15.6 Å². The minimum atomic E-state index is -0.401. The third-order valence-corrected chi connectivity index (χ3v) is 3.47. The van der Waals surface area contributed by atoms with Crippen molar-refractivity contribution in [3.63, 3.8) is 0 Å². The van der Waals surface area contributed by atoms with Crippen molar-refractivity contribution in [2.75, 3.05) is 7.11 Å². The Balaban J connectivity index is 1.64. The molecule has 1 aromatic heterocycles. The Morgan fingerprint density at radius 3 is 3.09 bits per heavy atom. The molecule has 0 spiro atoms. The third-order valence-electron chi connectivity index (χ3n) is 3.47. The molecule has 114 valence electrons. The third kappa shape index (κ3) is 2.93. The maximum Gasteiger partial charge on any atom is 0.291 e. The summed E-state index contributed by atoms with van der Waals surface area (Å²) < 4.78 is 5.00. The van der Waals surface area contributed by atoms with Crippen LogP contribution < -0.4 is 10.2 Å². The summed E-state index contributed by atoms with van der Waals surface area (Å²) in [5, 5.41) is 20.6. The molecule has 1 aliphatic carbocycles. The molecule has 22 heavy (non-hydrogen) atoms. The summed E-state index contributed by atoms with van der Waals surface area (Å²) in [7, 11) is 1.47. The summed E-state index contributed by atoms with van der Waals surface area (Å²) in [5.74, 6) is 0.420. The number of H-pyrrole nitrogens is 1. The number of benzene rings is 1. The number of carbonyl (C=O) groups excluding carboxylic acids is 1. The smallest absolute Gasteiger partial charge is 0.291 e. The topological polar surface area (TPSA) is 99.6 Å². The van der Waals surface area contributed by atoms with Gasteiger partial charge in [0.1, 0.15) is 0 Å². The Hall–Kier alpha value is -2.83. The zero-order chi connectivity index (χ0) is 15.5. The van der Waals surface area contributed by atoms with Gasteiger partial charge in [0.2, 0.25) is 0 Å². The van der Waals surface area contributed by atoms with E-state index in [2.05, 4.69) is 20.7 Å². The first-order chi connectivity index (χ1) is 10.7. The first-order valence-corrected chi connectivity index (χ1v) is 6.93. The molecular weight excluding hydrogens is 284 g/mol. The van der Waals surface area contributed by atoms with Gasteiger partial charge in [-0.25, -0.2) is 5.43 Å². The number of hydrogen-bond donors (Lipinski definition) is 3. The number of phenolic OH excluding ortho intramolecular Hbond substituents is 1. The van der Waals surface area contributed by atoms with E-state index in [0.29, 0.717) is 22.9 Å². The number of aromatic nitrogens is 2. The monoisotopic (exact) mass is 300 g/mol. The summed E-state index contributed by atoms with van der Waals surface area (Å²) >= 11 is 0. The molecule has 1 fully saturated rings. The number of aromatic amines is 1. The van der Waals surface area contributed by atoms with Crippen LogP contribution in [0.3, 0.4) is 0 Å². The van der Waals surface area contributed by atoms with Crippen molar-refractivity contribution in [3.8, 4) is 11.5 Å². The quantitative estimate of drug-likeness (QED) is 0.578. The van der Waals surface area contributed by atoms with Crippen LogP contribution in [-0.2, 0) is 0 Å². The van der Waals surface area contributed by atoms with Gasteiger partial charge in [-0.3, -0.25) is 9.89 Å². The van der Waals surface area contributed by atoms with Crippen molar-refractivity contribution in [3.05, 3.63) is 41.2 Å². The molecular formula is C15H16N4O3. The molecule has 0 bridgehead atoms. The lowest BCUT2D eigenvalue weighted by Gasteiger charge is -2.04. The fourth-order valence-corrected chi connectivity index (χ4v) is 2.08. The zero-order valence-electron chi connectivity index (χ0n) is 12.0. The van der Waals surface area contributed by atoms with Gasteiger partial charge in [-0.05, 0) is 31.0 Å². The lowest BCUT2D eigenvalue weighted by Crippen LogP contribution is -2.18. The number of para-hydroxylation sites is 1. The van der Waals surface area contributed by atoms with E-state index in [4.69, 9.17) is 4.74 Å². The van der Waals surface area contributed by atoms with Crippen LogP contribution in [-0.4, -0.2) is 34.5 Å². The number of rotatable bonds is 5. The first-order valence-electron chi connectivity index (χ1n) is 6.93. The zero-order valence-corrected chi connectivity index (χ0v) is 12.0. The number of amides is 1. The summed E-state index contributed by atoms with van der Waals surface area (Å²) in [5.41, 5.74) is 4.11. The maximum absolute atomic E-state index is 11.9. The second-order valence-electron chi connectivity index (χ2n) is 5.08. The first kappa shape index (κ1) is 14.1. The van der Waals surface area contributed by atoms with Crippen LogP contribution in [0.25, 0.3) is 0 Å². The van der Waals surface area contributed by atoms with E-state index in [1.165, 1.54) is 13.3 Å². The van der Waals surface area contributed by atoms with Gasteiger partial charge in [0.25, 0.3) is 5.91 Å². The maximum atomic E-state index is 11.9. The number of nitrogens with one attached hydrogen (secondary N) is 2. The van der Waals surface area contributed by atoms with Crippen molar-refractivity contribution in [2.24, 2.45) is 5.10 Å². The highest BCUT2D eigenvalue weighted by molar-refractivity contribution is 5.93. The molecule has 0 aliphatic heterocycles. The number of methoxy groups -OCH3 is 1. The van der Waals surface area contributed by atoms with Gasteiger partial charge >= 0.3 is 0 Å². The molecule has 7 heteroatoms. The SMILES string of the molecule is COc1cccc(/C=N/NC(=O)c2cc(C3CC3)[nH]n2)c1O. The summed E-state index contributed by atoms with van der Waals surface area (Å²) in [6, 6.07) is 6.75. The van der Waals surface area contributed by atoms with Crippen LogP contribution >= 0.6 is 0 Å².